The van der Waals surface area contributed by atoms with E-state index in [-0.39, 0.29) is 22.9 Å². The first-order valence-electron chi connectivity index (χ1n) is 7.72. The van der Waals surface area contributed by atoms with Gasteiger partial charge in [0.2, 0.25) is 0 Å². The van der Waals surface area contributed by atoms with Crippen LogP contribution in [-0.2, 0) is 6.54 Å². The van der Waals surface area contributed by atoms with Gasteiger partial charge in [0, 0.05) is 0 Å². The highest BCUT2D eigenvalue weighted by Crippen LogP contribution is 2.22. The zero-order valence-electron chi connectivity index (χ0n) is 14.0. The second kappa shape index (κ2) is 7.14. The lowest BCUT2D eigenvalue weighted by atomic mass is 10.1. The maximum Gasteiger partial charge on any atom is 0.406 e. The zero-order valence-corrected chi connectivity index (χ0v) is 14.0. The number of nitrogens with one attached hydrogen (secondary N) is 1. The lowest BCUT2D eigenvalue weighted by Crippen LogP contribution is -2.18. The summed E-state index contributed by atoms with van der Waals surface area (Å²) in [6.45, 7) is 0.412. The highest BCUT2D eigenvalue weighted by Gasteiger charge is 2.29. The van der Waals surface area contributed by atoms with Gasteiger partial charge in [0.25, 0.3) is 5.91 Å². The molecule has 0 aliphatic heterocycles. The molecular formula is C17H13F4N5O. The van der Waals surface area contributed by atoms with E-state index >= 15 is 0 Å². The van der Waals surface area contributed by atoms with Gasteiger partial charge in [0.1, 0.15) is 30.2 Å². The van der Waals surface area contributed by atoms with Gasteiger partial charge in [-0.25, -0.2) is 9.37 Å². The van der Waals surface area contributed by atoms with Gasteiger partial charge in [0.15, 0.2) is 5.82 Å². The van der Waals surface area contributed by atoms with Crippen molar-refractivity contribution in [3.8, 4) is 11.5 Å². The Balaban J connectivity index is 1.84. The topological polar surface area (TPSA) is 72.7 Å². The SMILES string of the molecule is Cc1ccc(C(=O)Nc2cccc(-c3nncn3CC(F)(F)F)n2)c(F)c1. The predicted octanol–water partition coefficient (Wildman–Crippen LogP) is 3.60. The largest absolute Gasteiger partial charge is 0.406 e. The molecule has 0 saturated carbocycles. The monoisotopic (exact) mass is 379 g/mol. The summed E-state index contributed by atoms with van der Waals surface area (Å²) in [7, 11) is 0. The van der Waals surface area contributed by atoms with Crippen LogP contribution < -0.4 is 5.32 Å². The van der Waals surface area contributed by atoms with Crippen molar-refractivity contribution in [2.24, 2.45) is 0 Å². The number of aryl methyl sites for hydroxylation is 1. The van der Waals surface area contributed by atoms with Crippen LogP contribution >= 0.6 is 0 Å². The fraction of sp³-hybridized carbons (Fsp3) is 0.176. The van der Waals surface area contributed by atoms with Crippen LogP contribution in [0.2, 0.25) is 0 Å². The normalized spacial score (nSPS) is 11.4. The van der Waals surface area contributed by atoms with E-state index in [0.717, 1.165) is 10.9 Å². The van der Waals surface area contributed by atoms with Crippen molar-refractivity contribution >= 4 is 11.7 Å². The van der Waals surface area contributed by atoms with E-state index < -0.39 is 24.4 Å². The number of amides is 1. The Kier molecular flexibility index (Phi) is 4.89. The van der Waals surface area contributed by atoms with E-state index in [9.17, 15) is 22.4 Å². The molecular weight excluding hydrogens is 366 g/mol. The first kappa shape index (κ1) is 18.5. The van der Waals surface area contributed by atoms with E-state index in [2.05, 4.69) is 20.5 Å². The number of benzene rings is 1. The molecule has 10 heteroatoms. The summed E-state index contributed by atoms with van der Waals surface area (Å²) in [5, 5.41) is 9.55. The Morgan fingerprint density at radius 3 is 2.70 bits per heavy atom. The summed E-state index contributed by atoms with van der Waals surface area (Å²) in [4.78, 5) is 16.3. The van der Waals surface area contributed by atoms with Crippen molar-refractivity contribution in [3.05, 3.63) is 59.7 Å². The molecule has 0 saturated heterocycles. The van der Waals surface area contributed by atoms with Crippen LogP contribution in [-0.4, -0.2) is 31.8 Å². The second-order valence-corrected chi connectivity index (χ2v) is 5.74. The van der Waals surface area contributed by atoms with Gasteiger partial charge in [0.05, 0.1) is 5.56 Å². The number of carbonyl (C=O) groups is 1. The molecule has 0 unspecified atom stereocenters. The standard InChI is InChI=1S/C17H13F4N5O/c1-10-5-6-11(12(18)7-10)16(27)24-14-4-2-3-13(23-14)15-25-22-9-26(15)8-17(19,20)21/h2-7,9H,8H2,1H3,(H,23,24,27). The fourth-order valence-corrected chi connectivity index (χ4v) is 2.38. The number of halogens is 4. The lowest BCUT2D eigenvalue weighted by Gasteiger charge is -2.10. The van der Waals surface area contributed by atoms with Crippen LogP contribution in [0.4, 0.5) is 23.4 Å². The van der Waals surface area contributed by atoms with Crippen molar-refractivity contribution in [2.45, 2.75) is 19.6 Å². The van der Waals surface area contributed by atoms with Gasteiger partial charge in [-0.3, -0.25) is 4.79 Å². The summed E-state index contributed by atoms with van der Waals surface area (Å²) in [5.41, 5.74) is 0.570. The molecule has 0 fully saturated rings. The zero-order chi connectivity index (χ0) is 19.6. The summed E-state index contributed by atoms with van der Waals surface area (Å²) < 4.78 is 52.6. The van der Waals surface area contributed by atoms with Crippen LogP contribution in [0.3, 0.4) is 0 Å². The predicted molar refractivity (Wildman–Crippen MR) is 88.4 cm³/mol. The molecule has 0 atom stereocenters. The molecule has 3 aromatic rings. The van der Waals surface area contributed by atoms with Gasteiger partial charge in [-0.1, -0.05) is 12.1 Å². The van der Waals surface area contributed by atoms with Crippen molar-refractivity contribution in [1.82, 2.24) is 19.7 Å². The summed E-state index contributed by atoms with van der Waals surface area (Å²) >= 11 is 0. The first-order chi connectivity index (χ1) is 12.7. The fourth-order valence-electron chi connectivity index (χ4n) is 2.38. The molecule has 0 radical (unpaired) electrons. The third-order valence-electron chi connectivity index (χ3n) is 3.55. The van der Waals surface area contributed by atoms with Gasteiger partial charge in [-0.15, -0.1) is 10.2 Å². The summed E-state index contributed by atoms with van der Waals surface area (Å²) in [5.74, 6) is -1.48. The average Bonchev–Trinajstić information content (AvgIpc) is 3.01. The highest BCUT2D eigenvalue weighted by molar-refractivity contribution is 6.04. The van der Waals surface area contributed by atoms with Crippen molar-refractivity contribution in [2.75, 3.05) is 5.32 Å². The molecule has 0 bridgehead atoms. The number of hydrogen-bond donors (Lipinski definition) is 1. The Labute approximate surface area is 150 Å². The van der Waals surface area contributed by atoms with E-state index in [1.54, 1.807) is 13.0 Å². The Hall–Kier alpha value is -3.30. The molecule has 2 aromatic heterocycles. The number of nitrogens with zero attached hydrogens (tertiary/aromatic N) is 4. The maximum atomic E-state index is 13.9. The number of alkyl halides is 3. The molecule has 1 N–H and O–H groups in total. The molecule has 3 rings (SSSR count). The second-order valence-electron chi connectivity index (χ2n) is 5.74. The minimum atomic E-state index is -4.45. The van der Waals surface area contributed by atoms with Crippen LogP contribution in [0.15, 0.2) is 42.7 Å². The van der Waals surface area contributed by atoms with Crippen LogP contribution in [0.25, 0.3) is 11.5 Å². The molecule has 27 heavy (non-hydrogen) atoms. The minimum Gasteiger partial charge on any atom is -0.306 e. The van der Waals surface area contributed by atoms with Crippen LogP contribution in [0.5, 0.6) is 0 Å². The van der Waals surface area contributed by atoms with Crippen molar-refractivity contribution in [1.29, 1.82) is 0 Å². The third-order valence-corrected chi connectivity index (χ3v) is 3.55. The van der Waals surface area contributed by atoms with Crippen molar-refractivity contribution in [3.63, 3.8) is 0 Å². The van der Waals surface area contributed by atoms with Gasteiger partial charge in [-0.2, -0.15) is 13.2 Å². The Morgan fingerprint density at radius 2 is 2.00 bits per heavy atom. The number of carbonyl (C=O) groups excluding carboxylic acids is 1. The molecule has 0 spiro atoms. The molecule has 2 heterocycles. The number of rotatable bonds is 4. The van der Waals surface area contributed by atoms with E-state index in [0.29, 0.717) is 5.56 Å². The number of pyridine rings is 1. The minimum absolute atomic E-state index is 0.0408. The Bertz CT molecular complexity index is 983. The lowest BCUT2D eigenvalue weighted by molar-refractivity contribution is -0.140. The third kappa shape index (κ3) is 4.46. The number of aromatic nitrogens is 4. The summed E-state index contributed by atoms with van der Waals surface area (Å²) in [6.07, 6.45) is -3.51. The van der Waals surface area contributed by atoms with Gasteiger partial charge >= 0.3 is 6.18 Å². The molecule has 0 aliphatic carbocycles. The van der Waals surface area contributed by atoms with Gasteiger partial charge in [-0.05, 0) is 36.8 Å². The summed E-state index contributed by atoms with van der Waals surface area (Å²) in [6, 6.07) is 8.48. The van der Waals surface area contributed by atoms with E-state index in [1.807, 2.05) is 0 Å². The van der Waals surface area contributed by atoms with Crippen LogP contribution in [0, 0.1) is 12.7 Å². The van der Waals surface area contributed by atoms with E-state index in [1.165, 1.54) is 30.3 Å². The highest BCUT2D eigenvalue weighted by atomic mass is 19.4. The van der Waals surface area contributed by atoms with Crippen molar-refractivity contribution < 1.29 is 22.4 Å². The maximum absolute atomic E-state index is 13.9. The van der Waals surface area contributed by atoms with Crippen LogP contribution in [0.1, 0.15) is 15.9 Å². The average molecular weight is 379 g/mol. The smallest absolute Gasteiger partial charge is 0.306 e. The Morgan fingerprint density at radius 1 is 1.22 bits per heavy atom. The first-order valence-corrected chi connectivity index (χ1v) is 7.72. The quantitative estimate of drug-likeness (QED) is 0.703. The molecule has 1 amide bonds. The van der Waals surface area contributed by atoms with E-state index in [4.69, 9.17) is 0 Å². The number of anilines is 1. The van der Waals surface area contributed by atoms with Gasteiger partial charge < -0.3 is 9.88 Å². The number of hydrogen-bond acceptors (Lipinski definition) is 4. The molecule has 6 nitrogen and oxygen atoms in total. The molecule has 0 aliphatic rings. The molecule has 140 valence electrons. The molecule has 1 aromatic carbocycles.